The first kappa shape index (κ1) is 21.3. The van der Waals surface area contributed by atoms with Crippen molar-refractivity contribution in [2.45, 2.75) is 65.6 Å². The summed E-state index contributed by atoms with van der Waals surface area (Å²) >= 11 is 0. The number of rotatable bonds is 7. The molecule has 0 spiro atoms. The molecule has 1 aliphatic heterocycles. The molecule has 1 aliphatic carbocycles. The third-order valence-electron chi connectivity index (χ3n) is 6.57. The molecule has 2 aromatic rings. The monoisotopic (exact) mass is 432 g/mol. The molecule has 8 heteroatoms. The van der Waals surface area contributed by atoms with Crippen LogP contribution in [0, 0.1) is 27.7 Å². The summed E-state index contributed by atoms with van der Waals surface area (Å²) in [5.74, 6) is 0.542. The predicted molar refractivity (Wildman–Crippen MR) is 117 cm³/mol. The number of carbonyl (C=O) groups is 1. The molecule has 7 nitrogen and oxygen atoms in total. The summed E-state index contributed by atoms with van der Waals surface area (Å²) in [7, 11) is -1.01. The Hall–Kier alpha value is -1.93. The minimum Gasteiger partial charge on any atom is -0.345 e. The number of likely N-dealkylation sites (N-methyl/N-ethyl adjacent to an activating group) is 1. The van der Waals surface area contributed by atoms with Crippen molar-refractivity contribution in [2.24, 2.45) is 0 Å². The van der Waals surface area contributed by atoms with E-state index in [0.29, 0.717) is 25.6 Å². The number of carbonyl (C=O) groups excluding carboxylic acids is 1. The molecule has 1 saturated heterocycles. The number of aryl methyl sites for hydroxylation is 2. The average molecular weight is 433 g/mol. The molecule has 0 unspecified atom stereocenters. The number of sulfone groups is 1. The fourth-order valence-electron chi connectivity index (χ4n) is 4.86. The van der Waals surface area contributed by atoms with Crippen molar-refractivity contribution in [3.8, 4) is 0 Å². The van der Waals surface area contributed by atoms with E-state index in [4.69, 9.17) is 0 Å². The number of ketones is 1. The maximum atomic E-state index is 13.0. The van der Waals surface area contributed by atoms with E-state index in [1.165, 1.54) is 18.5 Å². The van der Waals surface area contributed by atoms with Crippen LogP contribution in [-0.2, 0) is 16.4 Å². The number of hydrogen-bond acceptors (Lipinski definition) is 5. The van der Waals surface area contributed by atoms with Crippen LogP contribution in [0.15, 0.2) is 6.07 Å². The van der Waals surface area contributed by atoms with Crippen LogP contribution in [0.5, 0.6) is 0 Å². The summed E-state index contributed by atoms with van der Waals surface area (Å²) in [5.41, 5.74) is 6.06. The lowest BCUT2D eigenvalue weighted by atomic mass is 10.1. The van der Waals surface area contributed by atoms with E-state index in [0.717, 1.165) is 28.2 Å². The normalized spacial score (nSPS) is 20.9. The molecule has 0 aromatic carbocycles. The molecule has 0 amide bonds. The molecule has 0 N–H and O–H groups in total. The second-order valence-electron chi connectivity index (χ2n) is 9.13. The van der Waals surface area contributed by atoms with Gasteiger partial charge in [0.15, 0.2) is 15.6 Å². The smallest absolute Gasteiger partial charge is 0.178 e. The molecular weight excluding hydrogens is 400 g/mol. The largest absolute Gasteiger partial charge is 0.345 e. The van der Waals surface area contributed by atoms with Gasteiger partial charge in [0.25, 0.3) is 0 Å². The van der Waals surface area contributed by atoms with Gasteiger partial charge in [-0.2, -0.15) is 5.10 Å². The second-order valence-corrected chi connectivity index (χ2v) is 11.4. The second kappa shape index (κ2) is 7.64. The van der Waals surface area contributed by atoms with Crippen molar-refractivity contribution in [1.29, 1.82) is 0 Å². The van der Waals surface area contributed by atoms with Crippen molar-refractivity contribution in [3.05, 3.63) is 40.0 Å². The number of hydrogen-bond donors (Lipinski definition) is 0. The molecule has 2 aliphatic rings. The highest BCUT2D eigenvalue weighted by Crippen LogP contribution is 2.38. The Balaban J connectivity index is 1.46. The van der Waals surface area contributed by atoms with Crippen LogP contribution < -0.4 is 0 Å². The zero-order valence-electron chi connectivity index (χ0n) is 18.6. The lowest BCUT2D eigenvalue weighted by Gasteiger charge is -2.17. The summed E-state index contributed by atoms with van der Waals surface area (Å²) in [5, 5.41) is 4.64. The Morgan fingerprint density at radius 3 is 2.43 bits per heavy atom. The van der Waals surface area contributed by atoms with E-state index in [9.17, 15) is 13.2 Å². The molecule has 30 heavy (non-hydrogen) atoms. The zero-order valence-corrected chi connectivity index (χ0v) is 19.4. The summed E-state index contributed by atoms with van der Waals surface area (Å²) in [6.45, 7) is 9.05. The fourth-order valence-corrected chi connectivity index (χ4v) is 6.55. The highest BCUT2D eigenvalue weighted by molar-refractivity contribution is 7.91. The van der Waals surface area contributed by atoms with Gasteiger partial charge in [0, 0.05) is 40.8 Å². The van der Waals surface area contributed by atoms with E-state index in [1.54, 1.807) is 0 Å². The maximum Gasteiger partial charge on any atom is 0.178 e. The third-order valence-corrected chi connectivity index (χ3v) is 8.32. The molecule has 2 aromatic heterocycles. The predicted octanol–water partition coefficient (Wildman–Crippen LogP) is 2.93. The third kappa shape index (κ3) is 3.99. The van der Waals surface area contributed by atoms with Gasteiger partial charge in [-0.05, 0) is 60.1 Å². The van der Waals surface area contributed by atoms with Gasteiger partial charge in [0.05, 0.1) is 29.8 Å². The Morgan fingerprint density at radius 1 is 1.13 bits per heavy atom. The fraction of sp³-hybridized carbons (Fsp3) is 0.636. The van der Waals surface area contributed by atoms with Crippen LogP contribution in [0.2, 0.25) is 0 Å². The number of Topliss-reactive ketones (excluding diaryl/α,β-unsaturated/α-hetero) is 1. The van der Waals surface area contributed by atoms with Crippen LogP contribution >= 0.6 is 0 Å². The van der Waals surface area contributed by atoms with Gasteiger partial charge in [-0.1, -0.05) is 0 Å². The molecule has 0 radical (unpaired) electrons. The van der Waals surface area contributed by atoms with Crippen LogP contribution in [-0.4, -0.2) is 58.5 Å². The quantitative estimate of drug-likeness (QED) is 0.629. The standard InChI is InChI=1S/C22H32N4O3S/c1-14-10-20(16(3)25(14)18-6-7-18)22(27)12-24(5)11-21-15(2)23-26(17(21)4)19-8-9-30(28,29)13-19/h10,18-19H,6-9,11-13H2,1-5H3/t19-/m1/s1. The maximum absolute atomic E-state index is 13.0. The van der Waals surface area contributed by atoms with E-state index in [1.807, 2.05) is 43.5 Å². The van der Waals surface area contributed by atoms with Gasteiger partial charge in [0.1, 0.15) is 0 Å². The SMILES string of the molecule is Cc1nn([C@@H]2CCS(=O)(=O)C2)c(C)c1CN(C)CC(=O)c1cc(C)n(C2CC2)c1C. The lowest BCUT2D eigenvalue weighted by molar-refractivity contribution is 0.0942. The van der Waals surface area contributed by atoms with E-state index in [-0.39, 0.29) is 23.3 Å². The topological polar surface area (TPSA) is 77.2 Å². The summed E-state index contributed by atoms with van der Waals surface area (Å²) < 4.78 is 27.9. The van der Waals surface area contributed by atoms with Gasteiger partial charge in [0.2, 0.25) is 0 Å². The number of nitrogens with zero attached hydrogens (tertiary/aromatic N) is 4. The molecule has 0 bridgehead atoms. The lowest BCUT2D eigenvalue weighted by Crippen LogP contribution is -2.26. The van der Waals surface area contributed by atoms with Crippen molar-refractivity contribution in [2.75, 3.05) is 25.1 Å². The van der Waals surface area contributed by atoms with Gasteiger partial charge >= 0.3 is 0 Å². The van der Waals surface area contributed by atoms with Crippen molar-refractivity contribution in [1.82, 2.24) is 19.2 Å². The first-order valence-electron chi connectivity index (χ1n) is 10.7. The van der Waals surface area contributed by atoms with E-state index < -0.39 is 9.84 Å². The molecule has 4 rings (SSSR count). The Labute approximate surface area is 179 Å². The van der Waals surface area contributed by atoms with Crippen LogP contribution in [0.1, 0.15) is 70.0 Å². The molecule has 1 saturated carbocycles. The summed E-state index contributed by atoms with van der Waals surface area (Å²) in [4.78, 5) is 15.0. The van der Waals surface area contributed by atoms with Gasteiger partial charge in [-0.25, -0.2) is 8.42 Å². The molecule has 3 heterocycles. The van der Waals surface area contributed by atoms with Gasteiger partial charge in [-0.15, -0.1) is 0 Å². The van der Waals surface area contributed by atoms with Crippen LogP contribution in [0.3, 0.4) is 0 Å². The highest BCUT2D eigenvalue weighted by atomic mass is 32.2. The zero-order chi connectivity index (χ0) is 21.8. The molecule has 164 valence electrons. The minimum atomic E-state index is -2.96. The van der Waals surface area contributed by atoms with Crippen LogP contribution in [0.25, 0.3) is 0 Å². The Bertz CT molecular complexity index is 1090. The number of aromatic nitrogens is 3. The molecule has 1 atom stereocenters. The van der Waals surface area contributed by atoms with Crippen molar-refractivity contribution in [3.63, 3.8) is 0 Å². The Morgan fingerprint density at radius 2 is 1.83 bits per heavy atom. The minimum absolute atomic E-state index is 0.0813. The molecule has 2 fully saturated rings. The first-order chi connectivity index (χ1) is 14.1. The van der Waals surface area contributed by atoms with Gasteiger partial charge < -0.3 is 4.57 Å². The van der Waals surface area contributed by atoms with E-state index in [2.05, 4.69) is 16.6 Å². The highest BCUT2D eigenvalue weighted by Gasteiger charge is 2.32. The van der Waals surface area contributed by atoms with E-state index >= 15 is 0 Å². The Kier molecular flexibility index (Phi) is 5.43. The first-order valence-corrected chi connectivity index (χ1v) is 12.5. The average Bonchev–Trinajstić information content (AvgIpc) is 3.28. The molecular formula is C22H32N4O3S. The van der Waals surface area contributed by atoms with Crippen molar-refractivity contribution >= 4 is 15.6 Å². The van der Waals surface area contributed by atoms with Gasteiger partial charge in [-0.3, -0.25) is 14.4 Å². The van der Waals surface area contributed by atoms with Crippen LogP contribution in [0.4, 0.5) is 0 Å². The van der Waals surface area contributed by atoms with Crippen molar-refractivity contribution < 1.29 is 13.2 Å². The summed E-state index contributed by atoms with van der Waals surface area (Å²) in [6, 6.07) is 2.51. The summed E-state index contributed by atoms with van der Waals surface area (Å²) in [6.07, 6.45) is 3.03.